The normalized spacial score (nSPS) is 10.8. The molecule has 4 amide bonds. The summed E-state index contributed by atoms with van der Waals surface area (Å²) in [6, 6.07) is 16.9. The van der Waals surface area contributed by atoms with Crippen molar-refractivity contribution < 1.29 is 28.7 Å². The summed E-state index contributed by atoms with van der Waals surface area (Å²) in [5.41, 5.74) is 1.97. The van der Waals surface area contributed by atoms with Crippen LogP contribution in [0.3, 0.4) is 0 Å². The number of amides is 4. The number of H-pyrrole nitrogens is 1. The van der Waals surface area contributed by atoms with Crippen LogP contribution in [0.15, 0.2) is 85.5 Å². The van der Waals surface area contributed by atoms with Crippen molar-refractivity contribution >= 4 is 46.8 Å². The fourth-order valence-corrected chi connectivity index (χ4v) is 3.40. The Bertz CT molecular complexity index is 1560. The summed E-state index contributed by atoms with van der Waals surface area (Å²) >= 11 is 0. The summed E-state index contributed by atoms with van der Waals surface area (Å²) < 4.78 is 10.3. The summed E-state index contributed by atoms with van der Waals surface area (Å²) in [4.78, 5) is 57.7. The largest absolute Gasteiger partial charge is 0.444 e. The quantitative estimate of drug-likeness (QED) is 0.159. The van der Waals surface area contributed by atoms with Gasteiger partial charge in [-0.2, -0.15) is 0 Å². The van der Waals surface area contributed by atoms with Crippen molar-refractivity contribution in [3.63, 3.8) is 0 Å². The third-order valence-electron chi connectivity index (χ3n) is 5.21. The Kier molecular flexibility index (Phi) is 11.4. The predicted molar refractivity (Wildman–Crippen MR) is 171 cm³/mol. The van der Waals surface area contributed by atoms with Crippen LogP contribution >= 0.6 is 0 Å². The van der Waals surface area contributed by atoms with Crippen LogP contribution in [0.1, 0.15) is 62.5 Å². The first-order valence-electron chi connectivity index (χ1n) is 13.9. The molecule has 0 spiro atoms. The molecule has 2 aromatic heterocycles. The van der Waals surface area contributed by atoms with Gasteiger partial charge in [0.05, 0.1) is 6.20 Å². The van der Waals surface area contributed by atoms with Crippen LogP contribution in [0.2, 0.25) is 0 Å². The van der Waals surface area contributed by atoms with Gasteiger partial charge in [0.25, 0.3) is 11.8 Å². The van der Waals surface area contributed by atoms with E-state index < -0.39 is 23.4 Å². The highest BCUT2D eigenvalue weighted by Crippen LogP contribution is 2.17. The Labute approximate surface area is 261 Å². The van der Waals surface area contributed by atoms with Gasteiger partial charge in [-0.3, -0.25) is 25.2 Å². The average molecular weight is 616 g/mol. The number of aromatic amines is 1. The Morgan fingerprint density at radius 1 is 0.622 bits per heavy atom. The Hall–Kier alpha value is -5.72. The fraction of sp³-hybridized carbons (Fsp3) is 0.250. The molecule has 4 aromatic rings. The SMILES string of the molecule is CC(C)(C)OC(=O)Nc1ccc(NC(=O)c2ccc[nH]2)cc1.CC(C)(C)OC(=O)Nc1ccc(NC(=O)c2cnccn2)cc1. The third kappa shape index (κ3) is 12.6. The summed E-state index contributed by atoms with van der Waals surface area (Å²) in [7, 11) is 0. The van der Waals surface area contributed by atoms with Gasteiger partial charge in [-0.15, -0.1) is 0 Å². The number of aromatic nitrogens is 3. The highest BCUT2D eigenvalue weighted by Gasteiger charge is 2.17. The van der Waals surface area contributed by atoms with Gasteiger partial charge in [0.15, 0.2) is 0 Å². The number of carbonyl (C=O) groups excluding carboxylic acids is 4. The zero-order valence-electron chi connectivity index (χ0n) is 25.9. The van der Waals surface area contributed by atoms with Gasteiger partial charge in [0, 0.05) is 41.3 Å². The van der Waals surface area contributed by atoms with Crippen LogP contribution in [0, 0.1) is 0 Å². The number of anilines is 4. The van der Waals surface area contributed by atoms with Gasteiger partial charge in [0.1, 0.15) is 22.6 Å². The second-order valence-corrected chi connectivity index (χ2v) is 11.5. The van der Waals surface area contributed by atoms with Crippen LogP contribution in [-0.4, -0.2) is 50.2 Å². The van der Waals surface area contributed by atoms with Crippen LogP contribution < -0.4 is 21.3 Å². The first-order valence-corrected chi connectivity index (χ1v) is 13.9. The minimum absolute atomic E-state index is 0.224. The van der Waals surface area contributed by atoms with E-state index in [-0.39, 0.29) is 17.5 Å². The minimum atomic E-state index is -0.561. The first-order chi connectivity index (χ1) is 21.2. The van der Waals surface area contributed by atoms with Gasteiger partial charge in [-0.05, 0) is 102 Å². The number of carbonyl (C=O) groups is 4. The van der Waals surface area contributed by atoms with E-state index in [1.165, 1.54) is 18.6 Å². The Morgan fingerprint density at radius 3 is 1.44 bits per heavy atom. The average Bonchev–Trinajstić information content (AvgIpc) is 3.49. The van der Waals surface area contributed by atoms with Crippen molar-refractivity contribution in [2.24, 2.45) is 0 Å². The summed E-state index contributed by atoms with van der Waals surface area (Å²) in [6.07, 6.45) is 4.96. The van der Waals surface area contributed by atoms with Gasteiger partial charge in [-0.25, -0.2) is 14.6 Å². The number of nitrogens with zero attached hydrogens (tertiary/aromatic N) is 2. The second kappa shape index (κ2) is 15.1. The molecule has 13 heteroatoms. The number of hydrogen-bond donors (Lipinski definition) is 5. The summed E-state index contributed by atoms with van der Waals surface area (Å²) in [6.45, 7) is 10.8. The highest BCUT2D eigenvalue weighted by atomic mass is 16.6. The maximum absolute atomic E-state index is 11.9. The van der Waals surface area contributed by atoms with Gasteiger partial charge >= 0.3 is 12.2 Å². The summed E-state index contributed by atoms with van der Waals surface area (Å²) in [5, 5.41) is 10.7. The molecule has 0 atom stereocenters. The van der Waals surface area contributed by atoms with Crippen LogP contribution in [0.5, 0.6) is 0 Å². The van der Waals surface area contributed by atoms with Crippen LogP contribution in [0.25, 0.3) is 0 Å². The number of benzene rings is 2. The molecule has 2 aromatic carbocycles. The van der Waals surface area contributed by atoms with Crippen LogP contribution in [-0.2, 0) is 9.47 Å². The van der Waals surface area contributed by atoms with Gasteiger partial charge in [-0.1, -0.05) is 0 Å². The van der Waals surface area contributed by atoms with E-state index in [1.807, 2.05) is 0 Å². The molecule has 0 bridgehead atoms. The molecule has 4 rings (SSSR count). The van der Waals surface area contributed by atoms with Crippen molar-refractivity contribution in [2.45, 2.75) is 52.7 Å². The molecule has 2 heterocycles. The maximum atomic E-state index is 11.9. The molecule has 45 heavy (non-hydrogen) atoms. The lowest BCUT2D eigenvalue weighted by atomic mass is 10.2. The number of ether oxygens (including phenoxy) is 2. The molecule has 0 aliphatic heterocycles. The molecule has 0 radical (unpaired) electrons. The maximum Gasteiger partial charge on any atom is 0.412 e. The van der Waals surface area contributed by atoms with E-state index in [9.17, 15) is 19.2 Å². The molecule has 0 aliphatic carbocycles. The first kappa shape index (κ1) is 33.8. The zero-order chi connectivity index (χ0) is 33.0. The third-order valence-corrected chi connectivity index (χ3v) is 5.21. The molecule has 0 fully saturated rings. The van der Waals surface area contributed by atoms with Gasteiger partial charge in [0.2, 0.25) is 0 Å². The molecule has 13 nitrogen and oxygen atoms in total. The van der Waals surface area contributed by atoms with Crippen molar-refractivity contribution in [1.29, 1.82) is 0 Å². The van der Waals surface area contributed by atoms with E-state index >= 15 is 0 Å². The lowest BCUT2D eigenvalue weighted by molar-refractivity contribution is 0.0624. The van der Waals surface area contributed by atoms with E-state index in [4.69, 9.17) is 9.47 Å². The predicted octanol–water partition coefficient (Wildman–Crippen LogP) is 6.69. The van der Waals surface area contributed by atoms with Crippen molar-refractivity contribution in [3.8, 4) is 0 Å². The van der Waals surface area contributed by atoms with E-state index in [0.717, 1.165) is 0 Å². The molecule has 5 N–H and O–H groups in total. The second-order valence-electron chi connectivity index (χ2n) is 11.5. The summed E-state index contributed by atoms with van der Waals surface area (Å²) in [5.74, 6) is -0.580. The van der Waals surface area contributed by atoms with Crippen molar-refractivity contribution in [2.75, 3.05) is 21.3 Å². The molecule has 0 saturated carbocycles. The van der Waals surface area contributed by atoms with E-state index in [0.29, 0.717) is 28.4 Å². The molecule has 0 unspecified atom stereocenters. The van der Waals surface area contributed by atoms with E-state index in [2.05, 4.69) is 36.2 Å². The standard InChI is InChI=1S/C16H18N4O3.C16H19N3O3/c1-16(2,3)23-15(22)20-12-6-4-11(5-7-12)19-14(21)13-10-17-8-9-18-13;1-16(2,3)22-15(21)19-12-8-6-11(7-9-12)18-14(20)13-5-4-10-17-13/h4-10H,1-3H3,(H,19,21)(H,20,22);4-10,17H,1-3H3,(H,18,20)(H,19,21). The molecular weight excluding hydrogens is 578 g/mol. The topological polar surface area (TPSA) is 176 Å². The van der Waals surface area contributed by atoms with Gasteiger partial charge < -0.3 is 25.1 Å². The number of hydrogen-bond acceptors (Lipinski definition) is 8. The Balaban J connectivity index is 0.000000246. The van der Waals surface area contributed by atoms with Crippen molar-refractivity contribution in [3.05, 3.63) is 96.8 Å². The monoisotopic (exact) mass is 615 g/mol. The zero-order valence-corrected chi connectivity index (χ0v) is 25.9. The smallest absolute Gasteiger partial charge is 0.412 e. The highest BCUT2D eigenvalue weighted by molar-refractivity contribution is 6.03. The fourth-order valence-electron chi connectivity index (χ4n) is 3.40. The molecule has 236 valence electrons. The van der Waals surface area contributed by atoms with Crippen LogP contribution in [0.4, 0.5) is 32.3 Å². The number of nitrogens with one attached hydrogen (secondary N) is 5. The lowest BCUT2D eigenvalue weighted by Gasteiger charge is -2.19. The van der Waals surface area contributed by atoms with E-state index in [1.54, 1.807) is 108 Å². The number of rotatable bonds is 6. The lowest BCUT2D eigenvalue weighted by Crippen LogP contribution is -2.27. The van der Waals surface area contributed by atoms with Crippen molar-refractivity contribution in [1.82, 2.24) is 15.0 Å². The Morgan fingerprint density at radius 2 is 1.07 bits per heavy atom. The minimum Gasteiger partial charge on any atom is -0.444 e. The molecule has 0 saturated heterocycles. The molecular formula is C32H37N7O6. The molecule has 0 aliphatic rings.